The average Bonchev–Trinajstić information content (AvgIpc) is 2.92. The van der Waals surface area contributed by atoms with Crippen molar-refractivity contribution in [2.24, 2.45) is 5.73 Å². The third kappa shape index (κ3) is 7.24. The molecule has 0 aliphatic rings. The summed E-state index contributed by atoms with van der Waals surface area (Å²) in [5.74, 6) is -0.973. The van der Waals surface area contributed by atoms with Crippen LogP contribution >= 0.6 is 11.6 Å². The minimum atomic E-state index is -0.966. The quantitative estimate of drug-likeness (QED) is 0.229. The largest absolute Gasteiger partial charge is 0.495 e. The van der Waals surface area contributed by atoms with Crippen LogP contribution in [0.1, 0.15) is 47.0 Å². The molecule has 0 aliphatic heterocycles. The number of Topliss-reactive ketones (excluding diaryl/α,β-unsaturated/α-hetero) is 1. The number of carbonyl (C=O) groups excluding carboxylic acids is 3. The van der Waals surface area contributed by atoms with Gasteiger partial charge in [-0.15, -0.1) is 0 Å². The lowest BCUT2D eigenvalue weighted by Crippen LogP contribution is -2.33. The molecule has 0 fully saturated rings. The minimum Gasteiger partial charge on any atom is -0.495 e. The van der Waals surface area contributed by atoms with Gasteiger partial charge in [0.25, 0.3) is 5.56 Å². The average molecular weight is 560 g/mol. The van der Waals surface area contributed by atoms with Gasteiger partial charge in [-0.05, 0) is 68.3 Å². The summed E-state index contributed by atoms with van der Waals surface area (Å²) in [5, 5.41) is 3.19. The molecular weight excluding hydrogens is 530 g/mol. The van der Waals surface area contributed by atoms with E-state index in [1.54, 1.807) is 48.6 Å². The van der Waals surface area contributed by atoms with Crippen LogP contribution in [-0.4, -0.2) is 29.3 Å². The lowest BCUT2D eigenvalue weighted by molar-refractivity contribution is -0.119. The van der Waals surface area contributed by atoms with E-state index in [4.69, 9.17) is 22.1 Å². The van der Waals surface area contributed by atoms with Crippen molar-refractivity contribution in [2.45, 2.75) is 26.3 Å². The van der Waals surface area contributed by atoms with E-state index in [-0.39, 0.29) is 18.0 Å². The number of hydrogen-bond acceptors (Lipinski definition) is 5. The highest BCUT2D eigenvalue weighted by molar-refractivity contribution is 6.31. The van der Waals surface area contributed by atoms with E-state index in [2.05, 4.69) is 11.9 Å². The number of ketones is 1. The molecule has 0 bridgehead atoms. The fraction of sp³-hybridized carbons (Fsp3) is 0.161. The smallest absolute Gasteiger partial charge is 0.252 e. The highest BCUT2D eigenvalue weighted by atomic mass is 35.5. The number of rotatable bonds is 11. The van der Waals surface area contributed by atoms with Crippen molar-refractivity contribution in [3.05, 3.63) is 118 Å². The summed E-state index contributed by atoms with van der Waals surface area (Å²) in [6, 6.07) is 11.3. The van der Waals surface area contributed by atoms with E-state index in [0.29, 0.717) is 33.0 Å². The number of amides is 2. The van der Waals surface area contributed by atoms with Crippen molar-refractivity contribution < 1.29 is 19.1 Å². The lowest BCUT2D eigenvalue weighted by Gasteiger charge is -2.22. The molecule has 0 saturated heterocycles. The lowest BCUT2D eigenvalue weighted by atomic mass is 9.97. The Balaban J connectivity index is 2.11. The molecule has 0 spiro atoms. The molecule has 1 heterocycles. The summed E-state index contributed by atoms with van der Waals surface area (Å²) in [6.45, 7) is 6.91. The Morgan fingerprint density at radius 1 is 1.07 bits per heavy atom. The van der Waals surface area contributed by atoms with Crippen molar-refractivity contribution in [1.82, 2.24) is 4.57 Å². The fourth-order valence-corrected chi connectivity index (χ4v) is 4.30. The van der Waals surface area contributed by atoms with Crippen LogP contribution in [0.5, 0.6) is 5.75 Å². The molecule has 3 N–H and O–H groups in total. The maximum Gasteiger partial charge on any atom is 0.252 e. The number of methoxy groups -OCH3 is 1. The molecule has 0 radical (unpaired) electrons. The second-order valence-electron chi connectivity index (χ2n) is 9.03. The number of carbonyl (C=O) groups is 3. The van der Waals surface area contributed by atoms with E-state index in [9.17, 15) is 19.2 Å². The summed E-state index contributed by atoms with van der Waals surface area (Å²) in [7, 11) is 1.44. The number of halogens is 1. The van der Waals surface area contributed by atoms with Crippen molar-refractivity contribution in [3.63, 3.8) is 0 Å². The Labute approximate surface area is 237 Å². The van der Waals surface area contributed by atoms with E-state index >= 15 is 0 Å². The third-order valence-corrected chi connectivity index (χ3v) is 6.37. The summed E-state index contributed by atoms with van der Waals surface area (Å²) < 4.78 is 6.91. The maximum atomic E-state index is 13.6. The molecule has 0 unspecified atom stereocenters. The molecule has 1 atom stereocenters. The van der Waals surface area contributed by atoms with Crippen LogP contribution < -0.4 is 21.3 Å². The molecule has 40 heavy (non-hydrogen) atoms. The second kappa shape index (κ2) is 13.4. The van der Waals surface area contributed by atoms with Gasteiger partial charge in [0.2, 0.25) is 11.8 Å². The first-order valence-electron chi connectivity index (χ1n) is 12.3. The van der Waals surface area contributed by atoms with Crippen LogP contribution in [0.25, 0.3) is 11.1 Å². The highest BCUT2D eigenvalue weighted by Gasteiger charge is 2.25. The summed E-state index contributed by atoms with van der Waals surface area (Å²) in [4.78, 5) is 50.8. The Bertz CT molecular complexity index is 1570. The van der Waals surface area contributed by atoms with Crippen molar-refractivity contribution in [2.75, 3.05) is 12.4 Å². The van der Waals surface area contributed by atoms with Gasteiger partial charge < -0.3 is 15.8 Å². The van der Waals surface area contributed by atoms with Crippen molar-refractivity contribution in [3.8, 4) is 16.9 Å². The molecule has 2 amide bonds. The fourth-order valence-electron chi connectivity index (χ4n) is 4.12. The number of anilines is 1. The topological polar surface area (TPSA) is 120 Å². The molecule has 9 heteroatoms. The predicted octanol–water partition coefficient (Wildman–Crippen LogP) is 5.74. The van der Waals surface area contributed by atoms with Gasteiger partial charge in [-0.3, -0.25) is 23.7 Å². The number of allylic oxidation sites excluding steroid dienone is 5. The summed E-state index contributed by atoms with van der Waals surface area (Å²) >= 11 is 6.21. The Hall–Kier alpha value is -4.69. The number of nitrogens with one attached hydrogen (secondary N) is 1. The number of benzene rings is 2. The molecule has 206 valence electrons. The van der Waals surface area contributed by atoms with Crippen molar-refractivity contribution >= 4 is 34.9 Å². The van der Waals surface area contributed by atoms with Crippen molar-refractivity contribution in [1.29, 1.82) is 0 Å². The number of hydrogen-bond donors (Lipinski definition) is 2. The molecule has 3 rings (SSSR count). The van der Waals surface area contributed by atoms with Gasteiger partial charge in [-0.25, -0.2) is 0 Å². The third-order valence-electron chi connectivity index (χ3n) is 6.13. The van der Waals surface area contributed by atoms with Crippen LogP contribution in [0.2, 0.25) is 5.02 Å². The molecule has 0 aliphatic carbocycles. The SMILES string of the molecule is C=C/C=C\C=C(/C)C[C@@H](C(=O)Nc1ccc(C(N)=O)cc1)n1cc(OC)c(-c2cc(Cl)ccc2C(C)=O)cc1=O. The first-order chi connectivity index (χ1) is 19.0. The van der Waals surface area contributed by atoms with Crippen LogP contribution in [0, 0.1) is 0 Å². The molecule has 0 saturated carbocycles. The number of nitrogens with zero attached hydrogens (tertiary/aromatic N) is 1. The van der Waals surface area contributed by atoms with Crippen LogP contribution in [0.3, 0.4) is 0 Å². The zero-order valence-corrected chi connectivity index (χ0v) is 23.2. The maximum absolute atomic E-state index is 13.6. The number of ether oxygens (including phenoxy) is 1. The standard InChI is InChI=1S/C31H30ClN3O5/c1-5-6-7-8-19(2)15-27(31(39)34-23-12-9-21(10-13-23)30(33)38)35-18-28(40-4)26(17-29(35)37)25-16-22(32)11-14-24(25)20(3)36/h5-14,16-18,27H,1,15H2,2-4H3,(H2,33,38)(H,34,39)/b7-6-,19-8+/t27-/m0/s1. The van der Waals surface area contributed by atoms with E-state index in [1.165, 1.54) is 43.0 Å². The van der Waals surface area contributed by atoms with Gasteiger partial charge in [0.05, 0.1) is 13.3 Å². The van der Waals surface area contributed by atoms with Gasteiger partial charge in [-0.1, -0.05) is 48.1 Å². The highest BCUT2D eigenvalue weighted by Crippen LogP contribution is 2.34. The number of pyridine rings is 1. The van der Waals surface area contributed by atoms with E-state index < -0.39 is 23.4 Å². The monoisotopic (exact) mass is 559 g/mol. The Morgan fingerprint density at radius 3 is 2.38 bits per heavy atom. The molecular formula is C31H30ClN3O5. The van der Waals surface area contributed by atoms with Gasteiger partial charge in [-0.2, -0.15) is 0 Å². The molecule has 2 aromatic carbocycles. The minimum absolute atomic E-state index is 0.199. The van der Waals surface area contributed by atoms with Gasteiger partial charge in [0.1, 0.15) is 11.8 Å². The van der Waals surface area contributed by atoms with Gasteiger partial charge in [0, 0.05) is 33.5 Å². The summed E-state index contributed by atoms with van der Waals surface area (Å²) in [5.41, 5.74) is 7.57. The van der Waals surface area contributed by atoms with Crippen LogP contribution in [-0.2, 0) is 4.79 Å². The normalized spacial score (nSPS) is 12.2. The zero-order chi connectivity index (χ0) is 29.4. The van der Waals surface area contributed by atoms with E-state index in [0.717, 1.165) is 5.57 Å². The second-order valence-corrected chi connectivity index (χ2v) is 9.47. The number of aromatic nitrogens is 1. The Morgan fingerprint density at radius 2 is 1.77 bits per heavy atom. The van der Waals surface area contributed by atoms with Gasteiger partial charge >= 0.3 is 0 Å². The Kier molecular flexibility index (Phi) is 10.00. The predicted molar refractivity (Wildman–Crippen MR) is 158 cm³/mol. The zero-order valence-electron chi connectivity index (χ0n) is 22.4. The number of primary amides is 1. The van der Waals surface area contributed by atoms with Crippen LogP contribution in [0.15, 0.2) is 96.0 Å². The van der Waals surface area contributed by atoms with Crippen LogP contribution in [0.4, 0.5) is 5.69 Å². The first kappa shape index (κ1) is 29.9. The molecule has 8 nitrogen and oxygen atoms in total. The van der Waals surface area contributed by atoms with E-state index in [1.807, 2.05) is 13.0 Å². The van der Waals surface area contributed by atoms with Gasteiger partial charge in [0.15, 0.2) is 5.78 Å². The molecule has 3 aromatic rings. The molecule has 1 aromatic heterocycles. The number of nitrogens with two attached hydrogens (primary N) is 1. The summed E-state index contributed by atoms with van der Waals surface area (Å²) in [6.07, 6.45) is 8.64. The first-order valence-corrected chi connectivity index (χ1v) is 12.7.